The van der Waals surface area contributed by atoms with Crippen LogP contribution in [0.5, 0.6) is 17.2 Å². The van der Waals surface area contributed by atoms with Crippen molar-refractivity contribution in [3.8, 4) is 17.2 Å². The third-order valence-corrected chi connectivity index (χ3v) is 1.83. The lowest BCUT2D eigenvalue weighted by molar-refractivity contribution is -0.134. The first-order valence-corrected chi connectivity index (χ1v) is 4.79. The lowest BCUT2D eigenvalue weighted by Crippen LogP contribution is -2.09. The zero-order valence-corrected chi connectivity index (χ0v) is 9.59. The number of carbonyl (C=O) groups is 3. The molecule has 1 rings (SSSR count). The van der Waals surface area contributed by atoms with Gasteiger partial charge in [0.05, 0.1) is 0 Å². The van der Waals surface area contributed by atoms with Crippen LogP contribution in [-0.4, -0.2) is 28.1 Å². The molecule has 1 aromatic carbocycles. The molecule has 1 aromatic rings. The fourth-order valence-electron chi connectivity index (χ4n) is 1.20. The SMILES string of the molecule is CC(=O)Oc1ccc(C(=O)O)c(O)c1OC(C)=O. The van der Waals surface area contributed by atoms with Gasteiger partial charge in [-0.1, -0.05) is 0 Å². The fourth-order valence-corrected chi connectivity index (χ4v) is 1.20. The molecule has 7 nitrogen and oxygen atoms in total. The predicted molar refractivity (Wildman–Crippen MR) is 57.7 cm³/mol. The zero-order valence-electron chi connectivity index (χ0n) is 9.59. The summed E-state index contributed by atoms with van der Waals surface area (Å²) >= 11 is 0. The van der Waals surface area contributed by atoms with Crippen molar-refractivity contribution in [3.63, 3.8) is 0 Å². The molecule has 7 heteroatoms. The van der Waals surface area contributed by atoms with Crippen molar-refractivity contribution >= 4 is 17.9 Å². The maximum absolute atomic E-state index is 10.9. The summed E-state index contributed by atoms with van der Waals surface area (Å²) in [6.45, 7) is 2.17. The number of carboxylic acids is 1. The quantitative estimate of drug-likeness (QED) is 0.610. The molecule has 0 spiro atoms. The molecule has 0 radical (unpaired) electrons. The van der Waals surface area contributed by atoms with Crippen molar-refractivity contribution in [1.82, 2.24) is 0 Å². The molecule has 0 aliphatic carbocycles. The van der Waals surface area contributed by atoms with Crippen molar-refractivity contribution in [1.29, 1.82) is 0 Å². The Kier molecular flexibility index (Phi) is 3.88. The maximum Gasteiger partial charge on any atom is 0.339 e. The standard InChI is InChI=1S/C11H10O7/c1-5(12)17-8-4-3-7(11(15)16)9(14)10(8)18-6(2)13/h3-4,14H,1-2H3,(H,15,16). The molecule has 0 bridgehead atoms. The first-order chi connectivity index (χ1) is 8.32. The van der Waals surface area contributed by atoms with Crippen LogP contribution in [0.4, 0.5) is 0 Å². The highest BCUT2D eigenvalue weighted by molar-refractivity contribution is 5.93. The molecular formula is C11H10O7. The van der Waals surface area contributed by atoms with Gasteiger partial charge in [-0.25, -0.2) is 4.79 Å². The second-order valence-electron chi connectivity index (χ2n) is 3.28. The molecule has 0 heterocycles. The highest BCUT2D eigenvalue weighted by Gasteiger charge is 2.21. The largest absolute Gasteiger partial charge is 0.504 e. The highest BCUT2D eigenvalue weighted by Crippen LogP contribution is 2.39. The van der Waals surface area contributed by atoms with E-state index in [2.05, 4.69) is 4.74 Å². The maximum atomic E-state index is 10.9. The number of aromatic carboxylic acids is 1. The van der Waals surface area contributed by atoms with Crippen LogP contribution >= 0.6 is 0 Å². The Hall–Kier alpha value is -2.57. The molecule has 0 aromatic heterocycles. The summed E-state index contributed by atoms with van der Waals surface area (Å²) < 4.78 is 9.33. The number of aromatic hydroxyl groups is 1. The van der Waals surface area contributed by atoms with Crippen molar-refractivity contribution in [2.75, 3.05) is 0 Å². The molecule has 0 amide bonds. The number of carboxylic acid groups (broad SMARTS) is 1. The van der Waals surface area contributed by atoms with Gasteiger partial charge in [-0.05, 0) is 12.1 Å². The smallest absolute Gasteiger partial charge is 0.339 e. The van der Waals surface area contributed by atoms with Crippen LogP contribution in [0.3, 0.4) is 0 Å². The van der Waals surface area contributed by atoms with Gasteiger partial charge in [0, 0.05) is 13.8 Å². The van der Waals surface area contributed by atoms with E-state index in [4.69, 9.17) is 9.84 Å². The van der Waals surface area contributed by atoms with Gasteiger partial charge in [-0.2, -0.15) is 0 Å². The normalized spacial score (nSPS) is 9.67. The van der Waals surface area contributed by atoms with E-state index in [9.17, 15) is 19.5 Å². The number of carbonyl (C=O) groups excluding carboxylic acids is 2. The summed E-state index contributed by atoms with van der Waals surface area (Å²) in [4.78, 5) is 32.5. The summed E-state index contributed by atoms with van der Waals surface area (Å²) in [6.07, 6.45) is 0. The Morgan fingerprint density at radius 1 is 1.06 bits per heavy atom. The summed E-state index contributed by atoms with van der Waals surface area (Å²) in [6, 6.07) is 2.14. The van der Waals surface area contributed by atoms with Crippen LogP contribution in [0.25, 0.3) is 0 Å². The molecule has 0 atom stereocenters. The molecular weight excluding hydrogens is 244 g/mol. The van der Waals surface area contributed by atoms with Crippen LogP contribution in [0.15, 0.2) is 12.1 Å². The molecule has 0 unspecified atom stereocenters. The molecule has 2 N–H and O–H groups in total. The van der Waals surface area contributed by atoms with E-state index in [0.717, 1.165) is 26.0 Å². The van der Waals surface area contributed by atoms with Crippen molar-refractivity contribution in [2.24, 2.45) is 0 Å². The van der Waals surface area contributed by atoms with Crippen LogP contribution in [0.1, 0.15) is 24.2 Å². The number of hydrogen-bond acceptors (Lipinski definition) is 6. The van der Waals surface area contributed by atoms with Crippen molar-refractivity contribution in [3.05, 3.63) is 17.7 Å². The number of esters is 2. The summed E-state index contributed by atoms with van der Waals surface area (Å²) in [5, 5.41) is 18.4. The lowest BCUT2D eigenvalue weighted by Gasteiger charge is -2.11. The minimum absolute atomic E-state index is 0.236. The Morgan fingerprint density at radius 3 is 2.06 bits per heavy atom. The average Bonchev–Trinajstić information content (AvgIpc) is 2.21. The molecule has 0 saturated heterocycles. The number of ether oxygens (including phenoxy) is 2. The van der Waals surface area contributed by atoms with Crippen LogP contribution in [0.2, 0.25) is 0 Å². The van der Waals surface area contributed by atoms with Crippen LogP contribution < -0.4 is 9.47 Å². The van der Waals surface area contributed by atoms with E-state index in [1.807, 2.05) is 0 Å². The zero-order chi connectivity index (χ0) is 13.9. The Labute approximate surface area is 102 Å². The Morgan fingerprint density at radius 2 is 1.61 bits per heavy atom. The minimum atomic E-state index is -1.41. The third-order valence-electron chi connectivity index (χ3n) is 1.83. The van der Waals surface area contributed by atoms with E-state index in [1.165, 1.54) is 0 Å². The molecule has 0 fully saturated rings. The van der Waals surface area contributed by atoms with E-state index >= 15 is 0 Å². The van der Waals surface area contributed by atoms with Crippen molar-refractivity contribution in [2.45, 2.75) is 13.8 Å². The minimum Gasteiger partial charge on any atom is -0.504 e. The molecule has 0 saturated carbocycles. The van der Waals surface area contributed by atoms with Crippen molar-refractivity contribution < 1.29 is 34.1 Å². The van der Waals surface area contributed by atoms with Gasteiger partial charge < -0.3 is 19.7 Å². The van der Waals surface area contributed by atoms with Gasteiger partial charge >= 0.3 is 17.9 Å². The van der Waals surface area contributed by atoms with Gasteiger partial charge in [0.2, 0.25) is 5.75 Å². The Balaban J connectivity index is 3.35. The van der Waals surface area contributed by atoms with E-state index in [-0.39, 0.29) is 5.75 Å². The highest BCUT2D eigenvalue weighted by atomic mass is 16.6. The molecule has 0 aliphatic rings. The summed E-state index contributed by atoms with van der Waals surface area (Å²) in [7, 11) is 0. The van der Waals surface area contributed by atoms with Crippen LogP contribution in [-0.2, 0) is 9.59 Å². The van der Waals surface area contributed by atoms with Crippen LogP contribution in [0, 0.1) is 0 Å². The van der Waals surface area contributed by atoms with Gasteiger partial charge in [0.25, 0.3) is 0 Å². The number of phenols is 1. The van der Waals surface area contributed by atoms with E-state index < -0.39 is 35.0 Å². The topological polar surface area (TPSA) is 110 Å². The molecule has 0 aliphatic heterocycles. The van der Waals surface area contributed by atoms with E-state index in [1.54, 1.807) is 0 Å². The molecule has 96 valence electrons. The lowest BCUT2D eigenvalue weighted by atomic mass is 10.1. The molecule has 18 heavy (non-hydrogen) atoms. The predicted octanol–water partition coefficient (Wildman–Crippen LogP) is 0.941. The van der Waals surface area contributed by atoms with E-state index in [0.29, 0.717) is 0 Å². The first kappa shape index (κ1) is 13.5. The fraction of sp³-hybridized carbons (Fsp3) is 0.182. The third kappa shape index (κ3) is 2.97. The number of rotatable bonds is 3. The summed E-state index contributed by atoms with van der Waals surface area (Å²) in [5.41, 5.74) is -0.470. The van der Waals surface area contributed by atoms with Gasteiger partial charge in [-0.15, -0.1) is 0 Å². The second kappa shape index (κ2) is 5.17. The second-order valence-corrected chi connectivity index (χ2v) is 3.28. The number of benzene rings is 1. The first-order valence-electron chi connectivity index (χ1n) is 4.79. The van der Waals surface area contributed by atoms with Gasteiger partial charge in [0.15, 0.2) is 11.5 Å². The number of hydrogen-bond donors (Lipinski definition) is 2. The van der Waals surface area contributed by atoms with Gasteiger partial charge in [-0.3, -0.25) is 9.59 Å². The summed E-state index contributed by atoms with van der Waals surface area (Å²) in [5.74, 6) is -4.42. The average molecular weight is 254 g/mol. The van der Waals surface area contributed by atoms with Gasteiger partial charge in [0.1, 0.15) is 5.56 Å². The Bertz CT molecular complexity index is 518. The monoisotopic (exact) mass is 254 g/mol.